The fraction of sp³-hybridized carbons (Fsp3) is 0.161. The Morgan fingerprint density at radius 2 is 1.63 bits per heavy atom. The Bertz CT molecular complexity index is 2060. The van der Waals surface area contributed by atoms with Gasteiger partial charge >= 0.3 is 5.97 Å². The predicted molar refractivity (Wildman–Crippen MR) is 156 cm³/mol. The third-order valence-electron chi connectivity index (χ3n) is 6.87. The second kappa shape index (κ2) is 10.8. The third-order valence-corrected chi connectivity index (χ3v) is 8.51. The maximum absolute atomic E-state index is 14.6. The zero-order chi connectivity index (χ0) is 31.3. The number of aryl methyl sites for hydroxylation is 1. The molecule has 0 saturated heterocycles. The smallest absolute Gasteiger partial charge is 0.353 e. The molecule has 5 aromatic rings. The summed E-state index contributed by atoms with van der Waals surface area (Å²) in [5.74, 6) is -4.30. The molecule has 0 amide bonds. The molecule has 0 spiro atoms. The van der Waals surface area contributed by atoms with E-state index in [4.69, 9.17) is 4.74 Å². The van der Waals surface area contributed by atoms with Crippen LogP contribution in [0.5, 0.6) is 11.5 Å². The second-order valence-electron chi connectivity index (χ2n) is 10.5. The summed E-state index contributed by atoms with van der Waals surface area (Å²) in [4.78, 5) is 25.8. The van der Waals surface area contributed by atoms with Crippen molar-refractivity contribution in [3.8, 4) is 22.6 Å². The molecule has 2 heterocycles. The molecule has 2 N–H and O–H groups in total. The van der Waals surface area contributed by atoms with E-state index in [2.05, 4.69) is 0 Å². The number of hydrogen-bond donors (Lipinski definition) is 2. The highest BCUT2D eigenvalue weighted by molar-refractivity contribution is 7.89. The molecule has 0 fully saturated rings. The Labute approximate surface area is 244 Å². The zero-order valence-corrected chi connectivity index (χ0v) is 24.0. The van der Waals surface area contributed by atoms with Crippen molar-refractivity contribution in [2.45, 2.75) is 25.2 Å². The fourth-order valence-electron chi connectivity index (χ4n) is 4.78. The van der Waals surface area contributed by atoms with Crippen LogP contribution >= 0.6 is 0 Å². The Morgan fingerprint density at radius 3 is 2.26 bits per heavy atom. The van der Waals surface area contributed by atoms with Gasteiger partial charge in [0.15, 0.2) is 11.6 Å². The Hall–Kier alpha value is -4.81. The number of nitrogens with zero attached hydrogens (tertiary/aromatic N) is 2. The van der Waals surface area contributed by atoms with Gasteiger partial charge < -0.3 is 19.5 Å². The number of aromatic carboxylic acids is 1. The molecule has 0 aliphatic carbocycles. The molecule has 0 bridgehead atoms. The van der Waals surface area contributed by atoms with Crippen LogP contribution in [0.2, 0.25) is 0 Å². The lowest BCUT2D eigenvalue weighted by molar-refractivity contribution is 0.0689. The van der Waals surface area contributed by atoms with Crippen LogP contribution in [0.15, 0.2) is 83.8 Å². The van der Waals surface area contributed by atoms with E-state index in [9.17, 15) is 37.0 Å². The summed E-state index contributed by atoms with van der Waals surface area (Å²) >= 11 is 0. The number of fused-ring (bicyclic) bond motifs is 1. The van der Waals surface area contributed by atoms with Crippen LogP contribution in [0.25, 0.3) is 22.0 Å². The quantitative estimate of drug-likeness (QED) is 0.242. The number of pyridine rings is 1. The van der Waals surface area contributed by atoms with Crippen molar-refractivity contribution < 1.29 is 36.9 Å². The molecule has 5 rings (SSSR count). The van der Waals surface area contributed by atoms with Gasteiger partial charge in [0, 0.05) is 35.8 Å². The summed E-state index contributed by atoms with van der Waals surface area (Å²) in [6.45, 7) is 3.05. The van der Waals surface area contributed by atoms with Gasteiger partial charge in [-0.15, -0.1) is 0 Å². The van der Waals surface area contributed by atoms with Gasteiger partial charge in [0.1, 0.15) is 22.8 Å². The first-order chi connectivity index (χ1) is 20.2. The second-order valence-corrected chi connectivity index (χ2v) is 12.3. The van der Waals surface area contributed by atoms with Crippen LogP contribution in [0.1, 0.15) is 35.5 Å². The molecule has 43 heavy (non-hydrogen) atoms. The van der Waals surface area contributed by atoms with Crippen molar-refractivity contribution in [2.75, 3.05) is 0 Å². The molecule has 0 unspecified atom stereocenters. The highest BCUT2D eigenvalue weighted by Gasteiger charge is 2.30. The normalized spacial score (nSPS) is 12.0. The number of rotatable bonds is 8. The van der Waals surface area contributed by atoms with E-state index in [-0.39, 0.29) is 28.0 Å². The number of carboxylic acids is 1. The SMILES string of the molecule is Cn1cc(-c2cc(C(C)(C)O)ccc2Oc2ccc(F)cc2F)c2cc(C(=O)O)n(S(=O)(=O)Cc3ccccc3)c2c1=O. The third kappa shape index (κ3) is 5.66. The van der Waals surface area contributed by atoms with Gasteiger partial charge in [-0.3, -0.25) is 4.79 Å². The van der Waals surface area contributed by atoms with E-state index in [0.717, 1.165) is 22.8 Å². The van der Waals surface area contributed by atoms with E-state index in [1.165, 1.54) is 45.3 Å². The lowest BCUT2D eigenvalue weighted by Gasteiger charge is -2.21. The Morgan fingerprint density at radius 1 is 0.953 bits per heavy atom. The lowest BCUT2D eigenvalue weighted by atomic mass is 9.93. The number of aliphatic hydroxyl groups is 1. The van der Waals surface area contributed by atoms with Crippen LogP contribution in [0, 0.1) is 11.6 Å². The van der Waals surface area contributed by atoms with Gasteiger partial charge in [0.2, 0.25) is 10.0 Å². The highest BCUT2D eigenvalue weighted by atomic mass is 32.2. The molecular formula is C31H26F2N2O7S. The minimum Gasteiger partial charge on any atom is -0.477 e. The van der Waals surface area contributed by atoms with Crippen molar-refractivity contribution in [3.63, 3.8) is 0 Å². The van der Waals surface area contributed by atoms with Gasteiger partial charge in [0.25, 0.3) is 5.56 Å². The van der Waals surface area contributed by atoms with Crippen LogP contribution in [0.3, 0.4) is 0 Å². The first-order valence-corrected chi connectivity index (χ1v) is 14.5. The van der Waals surface area contributed by atoms with Crippen LogP contribution in [-0.2, 0) is 28.4 Å². The largest absolute Gasteiger partial charge is 0.477 e. The Balaban J connectivity index is 1.82. The number of carbonyl (C=O) groups is 1. The Kier molecular flexibility index (Phi) is 7.45. The van der Waals surface area contributed by atoms with Crippen molar-refractivity contribution >= 4 is 26.9 Å². The number of benzene rings is 3. The van der Waals surface area contributed by atoms with Crippen LogP contribution < -0.4 is 10.3 Å². The highest BCUT2D eigenvalue weighted by Crippen LogP contribution is 2.40. The standard InChI is InChI=1S/C31H26F2N2O7S/c1-31(2,39)19-9-11-26(42-27-12-10-20(32)14-24(27)33)21(13-19)23-16-34(3)29(36)28-22(23)15-25(30(37)38)35(28)43(40,41)17-18-7-5-4-6-8-18/h4-16,39H,17H2,1-3H3,(H,37,38). The number of ether oxygens (including phenoxy) is 1. The molecule has 0 saturated carbocycles. The van der Waals surface area contributed by atoms with Gasteiger partial charge in [0.05, 0.1) is 11.4 Å². The average Bonchev–Trinajstić information content (AvgIpc) is 3.35. The maximum Gasteiger partial charge on any atom is 0.353 e. The molecule has 0 aliphatic heterocycles. The van der Waals surface area contributed by atoms with Crippen LogP contribution in [-0.4, -0.2) is 33.1 Å². The summed E-state index contributed by atoms with van der Waals surface area (Å²) in [6, 6.07) is 16.4. The monoisotopic (exact) mass is 608 g/mol. The van der Waals surface area contributed by atoms with E-state index in [0.29, 0.717) is 21.2 Å². The van der Waals surface area contributed by atoms with Crippen molar-refractivity contribution in [2.24, 2.45) is 7.05 Å². The lowest BCUT2D eigenvalue weighted by Crippen LogP contribution is -2.25. The van der Waals surface area contributed by atoms with Gasteiger partial charge in [-0.1, -0.05) is 36.4 Å². The first-order valence-electron chi connectivity index (χ1n) is 12.9. The van der Waals surface area contributed by atoms with E-state index >= 15 is 0 Å². The summed E-state index contributed by atoms with van der Waals surface area (Å²) in [6.07, 6.45) is 1.36. The van der Waals surface area contributed by atoms with Gasteiger partial charge in [-0.05, 0) is 55.3 Å². The molecule has 9 nitrogen and oxygen atoms in total. The molecule has 0 atom stereocenters. The molecule has 2 aromatic heterocycles. The van der Waals surface area contributed by atoms with E-state index < -0.39 is 55.8 Å². The fourth-order valence-corrected chi connectivity index (χ4v) is 6.41. The average molecular weight is 609 g/mol. The zero-order valence-electron chi connectivity index (χ0n) is 23.2. The molecule has 222 valence electrons. The van der Waals surface area contributed by atoms with Crippen molar-refractivity contribution in [1.82, 2.24) is 8.54 Å². The maximum atomic E-state index is 14.6. The predicted octanol–water partition coefficient (Wildman–Crippen LogP) is 5.38. The van der Waals surface area contributed by atoms with E-state index in [1.807, 2.05) is 0 Å². The molecule has 3 aromatic carbocycles. The van der Waals surface area contributed by atoms with Crippen molar-refractivity contribution in [3.05, 3.63) is 118 Å². The number of aromatic nitrogens is 2. The summed E-state index contributed by atoms with van der Waals surface area (Å²) < 4.78 is 63.0. The summed E-state index contributed by atoms with van der Waals surface area (Å²) in [5, 5.41) is 20.8. The number of hydrogen-bond acceptors (Lipinski definition) is 6. The first kappa shape index (κ1) is 29.7. The van der Waals surface area contributed by atoms with Gasteiger partial charge in [-0.2, -0.15) is 0 Å². The molecular weight excluding hydrogens is 582 g/mol. The molecule has 0 radical (unpaired) electrons. The summed E-state index contributed by atoms with van der Waals surface area (Å²) in [5.41, 5.74) is -2.13. The number of halogens is 2. The van der Waals surface area contributed by atoms with Gasteiger partial charge in [-0.25, -0.2) is 26.0 Å². The minimum atomic E-state index is -4.44. The van der Waals surface area contributed by atoms with E-state index in [1.54, 1.807) is 30.3 Å². The minimum absolute atomic E-state index is 0.00947. The number of carboxylic acid groups (broad SMARTS) is 1. The van der Waals surface area contributed by atoms with Crippen LogP contribution in [0.4, 0.5) is 8.78 Å². The van der Waals surface area contributed by atoms with Crippen molar-refractivity contribution in [1.29, 1.82) is 0 Å². The summed E-state index contributed by atoms with van der Waals surface area (Å²) in [7, 11) is -3.08. The molecule has 0 aliphatic rings. The molecule has 12 heteroatoms. The topological polar surface area (TPSA) is 128 Å².